The van der Waals surface area contributed by atoms with Gasteiger partial charge in [-0.05, 0) is 38.9 Å². The summed E-state index contributed by atoms with van der Waals surface area (Å²) >= 11 is 1.80. The van der Waals surface area contributed by atoms with Gasteiger partial charge in [0.05, 0.1) is 10.9 Å². The van der Waals surface area contributed by atoms with E-state index in [1.807, 2.05) is 11.8 Å². The Morgan fingerprint density at radius 3 is 2.88 bits per heavy atom. The summed E-state index contributed by atoms with van der Waals surface area (Å²) in [6.07, 6.45) is 2.82. The molecule has 0 bridgehead atoms. The Balaban J connectivity index is 1.96. The van der Waals surface area contributed by atoms with E-state index in [4.69, 9.17) is 0 Å². The van der Waals surface area contributed by atoms with Crippen molar-refractivity contribution in [3.63, 3.8) is 0 Å². The lowest BCUT2D eigenvalue weighted by Gasteiger charge is -2.28. The zero-order chi connectivity index (χ0) is 11.8. The van der Waals surface area contributed by atoms with Crippen LogP contribution in [-0.2, 0) is 4.79 Å². The van der Waals surface area contributed by atoms with Gasteiger partial charge in [0.2, 0.25) is 5.91 Å². The topological polar surface area (TPSA) is 40.5 Å². The fourth-order valence-corrected chi connectivity index (χ4v) is 3.93. The predicted octanol–water partition coefficient (Wildman–Crippen LogP) is 1.50. The summed E-state index contributed by atoms with van der Waals surface area (Å²) in [7, 11) is 0. The molecule has 0 aromatic carbocycles. The minimum Gasteiger partial charge on any atom is -0.393 e. The number of amides is 1. The van der Waals surface area contributed by atoms with Crippen molar-refractivity contribution in [2.45, 2.75) is 44.0 Å². The smallest absolute Gasteiger partial charge is 0.238 e. The summed E-state index contributed by atoms with van der Waals surface area (Å²) in [5.74, 6) is 1.67. The lowest BCUT2D eigenvalue weighted by Crippen LogP contribution is -2.43. The van der Waals surface area contributed by atoms with E-state index in [-0.39, 0.29) is 22.7 Å². The van der Waals surface area contributed by atoms with E-state index >= 15 is 0 Å². The van der Waals surface area contributed by atoms with Crippen LogP contribution in [0.3, 0.4) is 0 Å². The van der Waals surface area contributed by atoms with Crippen molar-refractivity contribution in [2.24, 2.45) is 5.92 Å². The molecular weight excluding hydrogens is 222 g/mol. The van der Waals surface area contributed by atoms with Crippen molar-refractivity contribution in [1.82, 2.24) is 4.90 Å². The number of rotatable bonds is 2. The summed E-state index contributed by atoms with van der Waals surface area (Å²) in [6.45, 7) is 5.46. The van der Waals surface area contributed by atoms with Gasteiger partial charge in [-0.1, -0.05) is 0 Å². The zero-order valence-corrected chi connectivity index (χ0v) is 10.9. The molecule has 4 heteroatoms. The lowest BCUT2D eigenvalue weighted by molar-refractivity contribution is -0.132. The highest BCUT2D eigenvalue weighted by Crippen LogP contribution is 2.40. The molecule has 2 saturated heterocycles. The summed E-state index contributed by atoms with van der Waals surface area (Å²) in [5, 5.41) is 9.54. The van der Waals surface area contributed by atoms with E-state index in [0.717, 1.165) is 38.1 Å². The van der Waals surface area contributed by atoms with E-state index in [1.54, 1.807) is 11.8 Å². The fourth-order valence-electron chi connectivity index (χ4n) is 2.65. The molecule has 3 atom stereocenters. The normalized spacial score (nSPS) is 36.7. The van der Waals surface area contributed by atoms with Gasteiger partial charge < -0.3 is 10.0 Å². The fraction of sp³-hybridized carbons (Fsp3) is 0.917. The van der Waals surface area contributed by atoms with Crippen molar-refractivity contribution < 1.29 is 9.90 Å². The Bertz CT molecular complexity index is 274. The average molecular weight is 243 g/mol. The SMILES string of the molecule is CC(O)C1CCN(C(=O)C2(C)CCCS2)C1. The summed E-state index contributed by atoms with van der Waals surface area (Å²) in [6, 6.07) is 0. The van der Waals surface area contributed by atoms with E-state index in [1.165, 1.54) is 0 Å². The molecule has 1 amide bonds. The van der Waals surface area contributed by atoms with Gasteiger partial charge in [-0.2, -0.15) is 0 Å². The Hall–Kier alpha value is -0.220. The second-order valence-corrected chi connectivity index (χ2v) is 6.82. The number of thioether (sulfide) groups is 1. The van der Waals surface area contributed by atoms with Crippen LogP contribution in [0.2, 0.25) is 0 Å². The highest BCUT2D eigenvalue weighted by molar-refractivity contribution is 8.01. The molecule has 2 aliphatic heterocycles. The molecule has 1 N–H and O–H groups in total. The van der Waals surface area contributed by atoms with Crippen LogP contribution in [-0.4, -0.2) is 45.6 Å². The molecule has 0 aromatic heterocycles. The van der Waals surface area contributed by atoms with Crippen LogP contribution in [0.1, 0.15) is 33.1 Å². The molecule has 3 unspecified atom stereocenters. The lowest BCUT2D eigenvalue weighted by atomic mass is 10.0. The van der Waals surface area contributed by atoms with Gasteiger partial charge in [0.25, 0.3) is 0 Å². The van der Waals surface area contributed by atoms with Gasteiger partial charge in [0.1, 0.15) is 0 Å². The maximum Gasteiger partial charge on any atom is 0.238 e. The molecule has 0 saturated carbocycles. The number of aliphatic hydroxyl groups is 1. The molecule has 3 nitrogen and oxygen atoms in total. The van der Waals surface area contributed by atoms with E-state index < -0.39 is 0 Å². The average Bonchev–Trinajstić information content (AvgIpc) is 2.85. The monoisotopic (exact) mass is 243 g/mol. The number of nitrogens with zero attached hydrogens (tertiary/aromatic N) is 1. The van der Waals surface area contributed by atoms with Crippen LogP contribution < -0.4 is 0 Å². The minimum absolute atomic E-state index is 0.187. The molecule has 0 aliphatic carbocycles. The first kappa shape index (κ1) is 12.2. The first-order chi connectivity index (χ1) is 7.53. The van der Waals surface area contributed by atoms with Gasteiger partial charge in [-0.15, -0.1) is 11.8 Å². The highest BCUT2D eigenvalue weighted by Gasteiger charge is 2.42. The molecule has 0 spiro atoms. The van der Waals surface area contributed by atoms with Gasteiger partial charge in [-0.3, -0.25) is 4.79 Å². The number of likely N-dealkylation sites (tertiary alicyclic amines) is 1. The number of hydrogen-bond donors (Lipinski definition) is 1. The molecule has 0 aromatic rings. The van der Waals surface area contributed by atoms with Crippen molar-refractivity contribution in [2.75, 3.05) is 18.8 Å². The van der Waals surface area contributed by atoms with Gasteiger partial charge in [-0.25, -0.2) is 0 Å². The molecule has 2 aliphatic rings. The quantitative estimate of drug-likeness (QED) is 0.799. The van der Waals surface area contributed by atoms with Crippen LogP contribution in [0, 0.1) is 5.92 Å². The van der Waals surface area contributed by atoms with E-state index in [2.05, 4.69) is 6.92 Å². The molecule has 92 valence electrons. The van der Waals surface area contributed by atoms with Crippen LogP contribution in [0.25, 0.3) is 0 Å². The number of carbonyl (C=O) groups is 1. The summed E-state index contributed by atoms with van der Waals surface area (Å²) in [4.78, 5) is 14.3. The Kier molecular flexibility index (Phi) is 3.50. The summed E-state index contributed by atoms with van der Waals surface area (Å²) < 4.78 is -0.187. The van der Waals surface area contributed by atoms with Gasteiger partial charge >= 0.3 is 0 Å². The summed E-state index contributed by atoms with van der Waals surface area (Å²) in [5.41, 5.74) is 0. The highest BCUT2D eigenvalue weighted by atomic mass is 32.2. The predicted molar refractivity (Wildman–Crippen MR) is 66.5 cm³/mol. The number of aliphatic hydroxyl groups excluding tert-OH is 1. The molecule has 2 heterocycles. The molecule has 2 fully saturated rings. The van der Waals surface area contributed by atoms with Crippen molar-refractivity contribution in [1.29, 1.82) is 0 Å². The van der Waals surface area contributed by atoms with Crippen LogP contribution in [0.4, 0.5) is 0 Å². The van der Waals surface area contributed by atoms with Gasteiger partial charge in [0, 0.05) is 19.0 Å². The Morgan fingerprint density at radius 2 is 2.38 bits per heavy atom. The third kappa shape index (κ3) is 2.23. The van der Waals surface area contributed by atoms with E-state index in [0.29, 0.717) is 0 Å². The van der Waals surface area contributed by atoms with Crippen molar-refractivity contribution in [3.8, 4) is 0 Å². The van der Waals surface area contributed by atoms with Crippen molar-refractivity contribution in [3.05, 3.63) is 0 Å². The Labute approximate surface area is 102 Å². The Morgan fingerprint density at radius 1 is 1.62 bits per heavy atom. The van der Waals surface area contributed by atoms with Crippen LogP contribution in [0.5, 0.6) is 0 Å². The van der Waals surface area contributed by atoms with Crippen LogP contribution >= 0.6 is 11.8 Å². The van der Waals surface area contributed by atoms with E-state index in [9.17, 15) is 9.90 Å². The zero-order valence-electron chi connectivity index (χ0n) is 10.1. The first-order valence-corrected chi connectivity index (χ1v) is 7.13. The van der Waals surface area contributed by atoms with Gasteiger partial charge in [0.15, 0.2) is 0 Å². The maximum atomic E-state index is 12.4. The third-order valence-electron chi connectivity index (χ3n) is 3.87. The molecule has 16 heavy (non-hydrogen) atoms. The minimum atomic E-state index is -0.290. The third-order valence-corrected chi connectivity index (χ3v) is 5.37. The molecular formula is C12H21NO2S. The molecule has 0 radical (unpaired) electrons. The second kappa shape index (κ2) is 4.57. The largest absolute Gasteiger partial charge is 0.393 e. The number of hydrogen-bond acceptors (Lipinski definition) is 3. The first-order valence-electron chi connectivity index (χ1n) is 6.14. The molecule has 2 rings (SSSR count). The standard InChI is InChI=1S/C12H21NO2S/c1-9(14)10-4-6-13(8-10)11(15)12(2)5-3-7-16-12/h9-10,14H,3-8H2,1-2H3. The second-order valence-electron chi connectivity index (χ2n) is 5.22. The van der Waals surface area contributed by atoms with Crippen molar-refractivity contribution >= 4 is 17.7 Å². The maximum absolute atomic E-state index is 12.4. The number of carbonyl (C=O) groups excluding carboxylic acids is 1. The van der Waals surface area contributed by atoms with Crippen LogP contribution in [0.15, 0.2) is 0 Å².